The molecule has 0 saturated heterocycles. The molecule has 1 heterocycles. The van der Waals surface area contributed by atoms with Gasteiger partial charge in [-0.1, -0.05) is 0 Å². The van der Waals surface area contributed by atoms with Crippen LogP contribution in [0, 0.1) is 27.4 Å². The number of nitro benzene ring substituents is 1. The van der Waals surface area contributed by atoms with E-state index >= 15 is 0 Å². The normalized spacial score (nSPS) is 19.0. The fourth-order valence-corrected chi connectivity index (χ4v) is 3.19. The number of Topliss-reactive ketones (excluding diaryl/α,β-unsaturated/α-hetero) is 1. The van der Waals surface area contributed by atoms with Crippen molar-refractivity contribution in [2.24, 2.45) is 11.8 Å². The minimum Gasteiger partial charge on any atom is -0.481 e. The molecule has 0 bridgehead atoms. The molecule has 1 aliphatic rings. The molecular weight excluding hydrogens is 372 g/mol. The molecule has 0 radical (unpaired) electrons. The predicted molar refractivity (Wildman–Crippen MR) is 95.1 cm³/mol. The van der Waals surface area contributed by atoms with E-state index in [2.05, 4.69) is 0 Å². The molecule has 0 aliphatic carbocycles. The van der Waals surface area contributed by atoms with Crippen molar-refractivity contribution in [3.8, 4) is 5.75 Å². The minimum atomic E-state index is -1.44. The minimum absolute atomic E-state index is 0.00155. The molecule has 2 rings (SSSR count). The van der Waals surface area contributed by atoms with Crippen LogP contribution in [0.4, 0.5) is 5.69 Å². The molecule has 28 heavy (non-hydrogen) atoms. The van der Waals surface area contributed by atoms with E-state index in [1.54, 1.807) is 13.8 Å². The second-order valence-electron chi connectivity index (χ2n) is 6.04. The summed E-state index contributed by atoms with van der Waals surface area (Å²) < 4.78 is 15.3. The number of nitrogens with zero attached hydrogens (tertiary/aromatic N) is 1. The van der Waals surface area contributed by atoms with Crippen molar-refractivity contribution in [1.82, 2.24) is 0 Å². The monoisotopic (exact) mass is 392 g/mol. The molecule has 0 saturated carbocycles. The molecule has 0 spiro atoms. The van der Waals surface area contributed by atoms with E-state index in [0.717, 1.165) is 19.1 Å². The van der Waals surface area contributed by atoms with Crippen molar-refractivity contribution in [3.63, 3.8) is 0 Å². The Balaban J connectivity index is 2.71. The van der Waals surface area contributed by atoms with Crippen LogP contribution >= 0.6 is 0 Å². The van der Waals surface area contributed by atoms with Crippen molar-refractivity contribution in [2.45, 2.75) is 26.7 Å². The lowest BCUT2D eigenvalue weighted by atomic mass is 9.73. The Labute approximate surface area is 160 Å². The summed E-state index contributed by atoms with van der Waals surface area (Å²) in [5.74, 6) is -7.01. The van der Waals surface area contributed by atoms with Crippen LogP contribution < -0.4 is 4.74 Å². The van der Waals surface area contributed by atoms with Gasteiger partial charge in [-0.2, -0.15) is 0 Å². The third kappa shape index (κ3) is 4.00. The van der Waals surface area contributed by atoms with E-state index in [1.165, 1.54) is 6.07 Å². The van der Waals surface area contributed by atoms with Gasteiger partial charge in [-0.3, -0.25) is 29.9 Å². The average Bonchev–Trinajstić information content (AvgIpc) is 2.61. The number of hydrogen-bond acceptors (Lipinski definition) is 9. The first kappa shape index (κ1) is 21.0. The van der Waals surface area contributed by atoms with Crippen LogP contribution in [-0.4, -0.2) is 41.8 Å². The summed E-state index contributed by atoms with van der Waals surface area (Å²) >= 11 is 0. The zero-order valence-corrected chi connectivity index (χ0v) is 15.6. The SMILES string of the molecule is CCOC(=N)C(C(=O)OCC)C1c2cc([N+](=O)[O-])ccc2OC(=O)C1C(C)=O. The van der Waals surface area contributed by atoms with Crippen LogP contribution in [0.15, 0.2) is 18.2 Å². The van der Waals surface area contributed by atoms with Gasteiger partial charge in [-0.05, 0) is 26.8 Å². The van der Waals surface area contributed by atoms with E-state index in [4.69, 9.17) is 19.6 Å². The van der Waals surface area contributed by atoms with Gasteiger partial charge in [0.05, 0.1) is 18.1 Å². The molecule has 1 aromatic carbocycles. The smallest absolute Gasteiger partial charge is 0.322 e. The van der Waals surface area contributed by atoms with Crippen molar-refractivity contribution in [2.75, 3.05) is 13.2 Å². The number of fused-ring (bicyclic) bond motifs is 1. The summed E-state index contributed by atoms with van der Waals surface area (Å²) in [5.41, 5.74) is -0.217. The lowest BCUT2D eigenvalue weighted by Crippen LogP contribution is -2.44. The Bertz CT molecular complexity index is 817. The molecule has 0 fully saturated rings. The molecule has 150 valence electrons. The summed E-state index contributed by atoms with van der Waals surface area (Å²) in [6.45, 7) is 4.38. The number of non-ortho nitro benzene ring substituents is 1. The van der Waals surface area contributed by atoms with Crippen molar-refractivity contribution >= 4 is 29.3 Å². The third-order valence-electron chi connectivity index (χ3n) is 4.31. The van der Waals surface area contributed by atoms with E-state index in [9.17, 15) is 24.5 Å². The van der Waals surface area contributed by atoms with E-state index in [0.29, 0.717) is 0 Å². The van der Waals surface area contributed by atoms with Crippen LogP contribution in [0.5, 0.6) is 5.75 Å². The van der Waals surface area contributed by atoms with E-state index in [-0.39, 0.29) is 30.2 Å². The lowest BCUT2D eigenvalue weighted by Gasteiger charge is -2.34. The number of esters is 2. The summed E-state index contributed by atoms with van der Waals surface area (Å²) in [7, 11) is 0. The summed E-state index contributed by atoms with van der Waals surface area (Å²) in [6, 6.07) is 3.50. The van der Waals surface area contributed by atoms with Crippen LogP contribution in [0.25, 0.3) is 0 Å². The Kier molecular flexibility index (Phi) is 6.45. The Morgan fingerprint density at radius 1 is 1.29 bits per heavy atom. The van der Waals surface area contributed by atoms with Gasteiger partial charge < -0.3 is 14.2 Å². The summed E-state index contributed by atoms with van der Waals surface area (Å²) in [5, 5.41) is 19.3. The molecule has 1 aromatic rings. The molecule has 0 aromatic heterocycles. The number of carbonyl (C=O) groups excluding carboxylic acids is 3. The molecule has 0 amide bonds. The highest BCUT2D eigenvalue weighted by molar-refractivity contribution is 6.05. The molecule has 1 N–H and O–H groups in total. The highest BCUT2D eigenvalue weighted by Gasteiger charge is 2.50. The van der Waals surface area contributed by atoms with Crippen molar-refractivity contribution < 1.29 is 33.5 Å². The van der Waals surface area contributed by atoms with Gasteiger partial charge >= 0.3 is 11.9 Å². The van der Waals surface area contributed by atoms with Crippen molar-refractivity contribution in [1.29, 1.82) is 5.41 Å². The van der Waals surface area contributed by atoms with Gasteiger partial charge in [0.15, 0.2) is 5.90 Å². The zero-order chi connectivity index (χ0) is 21.0. The largest absolute Gasteiger partial charge is 0.481 e. The molecule has 1 aliphatic heterocycles. The van der Waals surface area contributed by atoms with Crippen LogP contribution in [0.2, 0.25) is 0 Å². The van der Waals surface area contributed by atoms with Gasteiger partial charge in [0.25, 0.3) is 5.69 Å². The number of ketones is 1. The van der Waals surface area contributed by atoms with Crippen LogP contribution in [-0.2, 0) is 23.9 Å². The van der Waals surface area contributed by atoms with E-state index < -0.39 is 46.3 Å². The van der Waals surface area contributed by atoms with Gasteiger partial charge in [0.1, 0.15) is 23.4 Å². The van der Waals surface area contributed by atoms with Crippen molar-refractivity contribution in [3.05, 3.63) is 33.9 Å². The third-order valence-corrected chi connectivity index (χ3v) is 4.31. The molecule has 10 nitrogen and oxygen atoms in total. The fourth-order valence-electron chi connectivity index (χ4n) is 3.19. The maximum atomic E-state index is 12.6. The summed E-state index contributed by atoms with van der Waals surface area (Å²) in [4.78, 5) is 47.8. The van der Waals surface area contributed by atoms with Crippen LogP contribution in [0.1, 0.15) is 32.3 Å². The maximum absolute atomic E-state index is 12.6. The van der Waals surface area contributed by atoms with Gasteiger partial charge in [-0.15, -0.1) is 0 Å². The second-order valence-corrected chi connectivity index (χ2v) is 6.04. The Morgan fingerprint density at radius 3 is 2.46 bits per heavy atom. The quantitative estimate of drug-likeness (QED) is 0.141. The lowest BCUT2D eigenvalue weighted by molar-refractivity contribution is -0.385. The standard InChI is InChI=1S/C18H20N2O8/c1-4-26-16(19)15(17(22)27-5-2)14-11-8-10(20(24)25)6-7-12(11)28-18(23)13(14)9(3)21/h6-8,13-15,19H,4-5H2,1-3H3. The van der Waals surface area contributed by atoms with Gasteiger partial charge in [0, 0.05) is 23.6 Å². The first-order chi connectivity index (χ1) is 13.2. The highest BCUT2D eigenvalue weighted by Crippen LogP contribution is 2.45. The fraction of sp³-hybridized carbons (Fsp3) is 0.444. The Hall–Kier alpha value is -3.30. The molecule has 3 atom stereocenters. The number of carbonyl (C=O) groups is 3. The molecular formula is C18H20N2O8. The Morgan fingerprint density at radius 2 is 1.93 bits per heavy atom. The van der Waals surface area contributed by atoms with Gasteiger partial charge in [0.2, 0.25) is 0 Å². The number of ether oxygens (including phenoxy) is 3. The highest BCUT2D eigenvalue weighted by atomic mass is 16.6. The average molecular weight is 392 g/mol. The van der Waals surface area contributed by atoms with Crippen LogP contribution in [0.3, 0.4) is 0 Å². The van der Waals surface area contributed by atoms with Gasteiger partial charge in [-0.25, -0.2) is 0 Å². The first-order valence-electron chi connectivity index (χ1n) is 8.61. The number of nitrogens with one attached hydrogen (secondary N) is 1. The second kappa shape index (κ2) is 8.59. The number of benzene rings is 1. The number of rotatable bonds is 7. The first-order valence-corrected chi connectivity index (χ1v) is 8.61. The predicted octanol–water partition coefficient (Wildman–Crippen LogP) is 2.00. The number of nitro groups is 1. The van der Waals surface area contributed by atoms with E-state index in [1.807, 2.05) is 0 Å². The zero-order valence-electron chi connectivity index (χ0n) is 15.6. The summed E-state index contributed by atoms with van der Waals surface area (Å²) in [6.07, 6.45) is 0. The molecule has 10 heteroatoms. The number of hydrogen-bond donors (Lipinski definition) is 1. The topological polar surface area (TPSA) is 146 Å². The molecule has 3 unspecified atom stereocenters. The maximum Gasteiger partial charge on any atom is 0.322 e.